The Morgan fingerprint density at radius 3 is 2.95 bits per heavy atom. The quantitative estimate of drug-likeness (QED) is 0.896. The average molecular weight is 275 g/mol. The van der Waals surface area contributed by atoms with Gasteiger partial charge in [0.05, 0.1) is 24.9 Å². The maximum Gasteiger partial charge on any atom is 0.0829 e. The smallest absolute Gasteiger partial charge is 0.0829 e. The Bertz CT molecular complexity index is 435. The van der Waals surface area contributed by atoms with Gasteiger partial charge in [0.15, 0.2) is 0 Å². The highest BCUT2D eigenvalue weighted by Crippen LogP contribution is 2.33. The van der Waals surface area contributed by atoms with Gasteiger partial charge >= 0.3 is 0 Å². The Hall–Kier alpha value is -0.900. The van der Waals surface area contributed by atoms with Crippen LogP contribution in [-0.2, 0) is 15.9 Å². The number of hydrogen-bond donors (Lipinski definition) is 1. The molecule has 0 bridgehead atoms. The zero-order chi connectivity index (χ0) is 13.8. The molecule has 1 aromatic carbocycles. The Morgan fingerprint density at radius 1 is 1.20 bits per heavy atom. The van der Waals surface area contributed by atoms with Gasteiger partial charge in [0, 0.05) is 6.54 Å². The molecule has 0 amide bonds. The van der Waals surface area contributed by atoms with Crippen molar-refractivity contribution in [1.29, 1.82) is 0 Å². The van der Waals surface area contributed by atoms with Crippen molar-refractivity contribution in [2.75, 3.05) is 20.2 Å². The minimum Gasteiger partial charge on any atom is -0.371 e. The Kier molecular flexibility index (Phi) is 4.71. The molecule has 0 spiro atoms. The van der Waals surface area contributed by atoms with E-state index in [0.29, 0.717) is 6.10 Å². The van der Waals surface area contributed by atoms with Crippen molar-refractivity contribution < 1.29 is 9.47 Å². The zero-order valence-corrected chi connectivity index (χ0v) is 12.3. The van der Waals surface area contributed by atoms with Crippen LogP contribution in [0.25, 0.3) is 0 Å². The third kappa shape index (κ3) is 3.22. The fourth-order valence-electron chi connectivity index (χ4n) is 3.39. The summed E-state index contributed by atoms with van der Waals surface area (Å²) in [6, 6.07) is 8.71. The summed E-state index contributed by atoms with van der Waals surface area (Å²) >= 11 is 0. The van der Waals surface area contributed by atoms with E-state index in [1.54, 1.807) is 0 Å². The molecule has 20 heavy (non-hydrogen) atoms. The molecule has 1 aliphatic heterocycles. The van der Waals surface area contributed by atoms with E-state index in [1.807, 2.05) is 7.05 Å². The second-order valence-corrected chi connectivity index (χ2v) is 5.93. The Morgan fingerprint density at radius 2 is 2.05 bits per heavy atom. The molecule has 1 N–H and O–H groups in total. The van der Waals surface area contributed by atoms with Crippen molar-refractivity contribution in [3.05, 3.63) is 35.4 Å². The summed E-state index contributed by atoms with van der Waals surface area (Å²) in [6.07, 6.45) is 6.76. The number of ether oxygens (including phenoxy) is 2. The van der Waals surface area contributed by atoms with Crippen LogP contribution in [0.4, 0.5) is 0 Å². The number of benzene rings is 1. The second-order valence-electron chi connectivity index (χ2n) is 5.93. The van der Waals surface area contributed by atoms with Gasteiger partial charge in [0.1, 0.15) is 0 Å². The van der Waals surface area contributed by atoms with Crippen LogP contribution in [0, 0.1) is 0 Å². The average Bonchev–Trinajstić information content (AvgIpc) is 2.93. The van der Waals surface area contributed by atoms with Crippen molar-refractivity contribution in [3.8, 4) is 0 Å². The topological polar surface area (TPSA) is 30.5 Å². The first-order valence-electron chi connectivity index (χ1n) is 7.86. The molecule has 110 valence electrons. The van der Waals surface area contributed by atoms with Gasteiger partial charge in [-0.15, -0.1) is 0 Å². The second kappa shape index (κ2) is 6.70. The normalized spacial score (nSPS) is 29.4. The van der Waals surface area contributed by atoms with E-state index in [2.05, 4.69) is 29.6 Å². The molecule has 0 aromatic heterocycles. The highest BCUT2D eigenvalue weighted by Gasteiger charge is 2.27. The summed E-state index contributed by atoms with van der Waals surface area (Å²) in [7, 11) is 1.98. The number of aryl methyl sites for hydroxylation is 1. The summed E-state index contributed by atoms with van der Waals surface area (Å²) < 4.78 is 12.2. The first-order chi connectivity index (χ1) is 9.86. The molecule has 3 rings (SSSR count). The minimum atomic E-state index is 0.270. The van der Waals surface area contributed by atoms with Crippen LogP contribution in [0.15, 0.2) is 24.3 Å². The molecule has 3 nitrogen and oxygen atoms in total. The van der Waals surface area contributed by atoms with Gasteiger partial charge in [0.25, 0.3) is 0 Å². The summed E-state index contributed by atoms with van der Waals surface area (Å²) in [5, 5.41) is 3.18. The lowest BCUT2D eigenvalue weighted by Crippen LogP contribution is -2.26. The molecule has 1 heterocycles. The fraction of sp³-hybridized carbons (Fsp3) is 0.647. The summed E-state index contributed by atoms with van der Waals surface area (Å²) in [5.41, 5.74) is 2.85. The van der Waals surface area contributed by atoms with E-state index < -0.39 is 0 Å². The van der Waals surface area contributed by atoms with Gasteiger partial charge in [-0.25, -0.2) is 0 Å². The first kappa shape index (κ1) is 14.1. The van der Waals surface area contributed by atoms with E-state index in [9.17, 15) is 0 Å². The zero-order valence-electron chi connectivity index (χ0n) is 12.3. The van der Waals surface area contributed by atoms with Crippen LogP contribution in [0.3, 0.4) is 0 Å². The largest absolute Gasteiger partial charge is 0.371 e. The van der Waals surface area contributed by atoms with Gasteiger partial charge in [0.2, 0.25) is 0 Å². The van der Waals surface area contributed by atoms with Crippen molar-refractivity contribution in [3.63, 3.8) is 0 Å². The molecule has 3 heteroatoms. The lowest BCUT2D eigenvalue weighted by molar-refractivity contribution is -0.0459. The predicted octanol–water partition coefficient (Wildman–Crippen LogP) is 2.85. The van der Waals surface area contributed by atoms with Crippen LogP contribution in [0.1, 0.15) is 42.9 Å². The van der Waals surface area contributed by atoms with E-state index in [-0.39, 0.29) is 12.2 Å². The number of likely N-dealkylation sites (N-methyl/N-ethyl adjacent to an activating group) is 1. The van der Waals surface area contributed by atoms with E-state index in [1.165, 1.54) is 24.0 Å². The summed E-state index contributed by atoms with van der Waals surface area (Å²) in [6.45, 7) is 1.68. The highest BCUT2D eigenvalue weighted by atomic mass is 16.5. The molecular weight excluding hydrogens is 250 g/mol. The Labute approximate surface area is 121 Å². The number of fused-ring (bicyclic) bond motifs is 1. The van der Waals surface area contributed by atoms with Crippen molar-refractivity contribution in [1.82, 2.24) is 5.32 Å². The molecular formula is C17H25NO2. The van der Waals surface area contributed by atoms with Gasteiger partial charge in [-0.05, 0) is 50.3 Å². The monoisotopic (exact) mass is 275 g/mol. The summed E-state index contributed by atoms with van der Waals surface area (Å²) in [5.74, 6) is 0. The van der Waals surface area contributed by atoms with Gasteiger partial charge in [-0.2, -0.15) is 0 Å². The van der Waals surface area contributed by atoms with E-state index >= 15 is 0 Å². The van der Waals surface area contributed by atoms with Crippen LogP contribution in [0.5, 0.6) is 0 Å². The fourth-order valence-corrected chi connectivity index (χ4v) is 3.39. The van der Waals surface area contributed by atoms with Crippen LogP contribution >= 0.6 is 0 Å². The van der Waals surface area contributed by atoms with Crippen LogP contribution < -0.4 is 5.32 Å². The van der Waals surface area contributed by atoms with Crippen molar-refractivity contribution in [2.45, 2.75) is 50.4 Å². The number of rotatable bonds is 5. The molecule has 0 radical (unpaired) electrons. The summed E-state index contributed by atoms with van der Waals surface area (Å²) in [4.78, 5) is 0. The van der Waals surface area contributed by atoms with Crippen molar-refractivity contribution in [2.24, 2.45) is 0 Å². The minimum absolute atomic E-state index is 0.270. The highest BCUT2D eigenvalue weighted by molar-refractivity contribution is 5.31. The molecule has 1 saturated heterocycles. The van der Waals surface area contributed by atoms with Crippen molar-refractivity contribution >= 4 is 0 Å². The number of hydrogen-bond acceptors (Lipinski definition) is 3. The van der Waals surface area contributed by atoms with Crippen LogP contribution in [0.2, 0.25) is 0 Å². The molecule has 1 fully saturated rings. The Balaban J connectivity index is 1.52. The van der Waals surface area contributed by atoms with Gasteiger partial charge in [-0.3, -0.25) is 0 Å². The predicted molar refractivity (Wildman–Crippen MR) is 79.9 cm³/mol. The third-order valence-electron chi connectivity index (χ3n) is 4.43. The number of nitrogens with one attached hydrogen (secondary N) is 1. The molecule has 2 aliphatic rings. The lowest BCUT2D eigenvalue weighted by Gasteiger charge is -2.26. The third-order valence-corrected chi connectivity index (χ3v) is 4.43. The maximum absolute atomic E-state index is 6.17. The SMILES string of the molecule is CNCC1CCC(COC2CCCc3ccccc32)O1. The molecule has 3 atom stereocenters. The van der Waals surface area contributed by atoms with E-state index in [4.69, 9.17) is 9.47 Å². The molecule has 1 aliphatic carbocycles. The molecule has 3 unspecified atom stereocenters. The molecule has 0 saturated carbocycles. The maximum atomic E-state index is 6.17. The van der Waals surface area contributed by atoms with Crippen LogP contribution in [-0.4, -0.2) is 32.4 Å². The lowest BCUT2D eigenvalue weighted by atomic mass is 9.89. The molecule has 1 aromatic rings. The first-order valence-corrected chi connectivity index (χ1v) is 7.86. The van der Waals surface area contributed by atoms with Gasteiger partial charge in [-0.1, -0.05) is 24.3 Å². The van der Waals surface area contributed by atoms with Gasteiger partial charge < -0.3 is 14.8 Å². The standard InChI is InChI=1S/C17H25NO2/c1-18-11-14-9-10-15(20-14)12-19-17-8-4-6-13-5-2-3-7-16(13)17/h2-3,5,7,14-15,17-18H,4,6,8-12H2,1H3. The van der Waals surface area contributed by atoms with E-state index in [0.717, 1.165) is 32.4 Å².